The van der Waals surface area contributed by atoms with Crippen molar-refractivity contribution in [2.45, 2.75) is 26.3 Å². The minimum Gasteiger partial charge on any atom is -0.486 e. The predicted octanol–water partition coefficient (Wildman–Crippen LogP) is 3.50. The number of benzene rings is 1. The number of ether oxygens (including phenoxy) is 2. The molecule has 2 aromatic rings. The van der Waals surface area contributed by atoms with Crippen LogP contribution in [0.5, 0.6) is 11.5 Å². The molecule has 1 fully saturated rings. The van der Waals surface area contributed by atoms with Crippen LogP contribution < -0.4 is 13.8 Å². The third-order valence-electron chi connectivity index (χ3n) is 4.92. The van der Waals surface area contributed by atoms with E-state index in [1.165, 1.54) is 4.31 Å². The van der Waals surface area contributed by atoms with Gasteiger partial charge in [-0.1, -0.05) is 13.0 Å². The molecule has 8 heteroatoms. The number of fused-ring (bicyclic) bond motifs is 1. The van der Waals surface area contributed by atoms with Crippen molar-refractivity contribution in [2.75, 3.05) is 30.6 Å². The lowest BCUT2D eigenvalue weighted by Gasteiger charge is -2.35. The second kappa shape index (κ2) is 7.69. The third-order valence-corrected chi connectivity index (χ3v) is 7.66. The predicted molar refractivity (Wildman–Crippen MR) is 107 cm³/mol. The molecule has 0 spiro atoms. The van der Waals surface area contributed by atoms with Crippen molar-refractivity contribution in [1.82, 2.24) is 4.31 Å². The van der Waals surface area contributed by atoms with Crippen LogP contribution in [0.3, 0.4) is 0 Å². The Bertz CT molecular complexity index is 883. The summed E-state index contributed by atoms with van der Waals surface area (Å²) in [7, 11) is -3.64. The number of piperidine rings is 1. The van der Waals surface area contributed by atoms with Crippen LogP contribution in [-0.4, -0.2) is 39.0 Å². The summed E-state index contributed by atoms with van der Waals surface area (Å²) in [6.45, 7) is 4.53. The first-order chi connectivity index (χ1) is 13.0. The monoisotopic (exact) mass is 408 g/mol. The van der Waals surface area contributed by atoms with Gasteiger partial charge in [0, 0.05) is 24.0 Å². The van der Waals surface area contributed by atoms with Gasteiger partial charge in [-0.25, -0.2) is 0 Å². The van der Waals surface area contributed by atoms with Gasteiger partial charge in [0.15, 0.2) is 11.5 Å². The van der Waals surface area contributed by atoms with Crippen molar-refractivity contribution in [2.24, 2.45) is 5.92 Å². The standard InChI is InChI=1S/C19H24N2O4S2/c1-15-4-2-8-20(13-15)27(22,23)21(14-17-5-3-11-26-17)16-6-7-18-19(12-16)25-10-9-24-18/h3,5-7,11-12,15H,2,4,8-10,13-14H2,1H3. The summed E-state index contributed by atoms with van der Waals surface area (Å²) in [5.41, 5.74) is 0.603. The molecular formula is C19H24N2O4S2. The maximum absolute atomic E-state index is 13.5. The second-order valence-electron chi connectivity index (χ2n) is 7.03. The molecular weight excluding hydrogens is 384 g/mol. The smallest absolute Gasteiger partial charge is 0.304 e. The molecule has 0 saturated carbocycles. The number of rotatable bonds is 5. The van der Waals surface area contributed by atoms with Crippen LogP contribution in [0.25, 0.3) is 0 Å². The van der Waals surface area contributed by atoms with E-state index in [1.54, 1.807) is 33.8 Å². The van der Waals surface area contributed by atoms with Gasteiger partial charge in [0.05, 0.1) is 12.2 Å². The van der Waals surface area contributed by atoms with Crippen molar-refractivity contribution >= 4 is 27.2 Å². The van der Waals surface area contributed by atoms with E-state index in [0.717, 1.165) is 17.7 Å². The van der Waals surface area contributed by atoms with Gasteiger partial charge in [-0.05, 0) is 42.3 Å². The van der Waals surface area contributed by atoms with Gasteiger partial charge in [-0.3, -0.25) is 4.31 Å². The van der Waals surface area contributed by atoms with E-state index in [2.05, 4.69) is 6.92 Å². The van der Waals surface area contributed by atoms with Crippen LogP contribution in [0.1, 0.15) is 24.6 Å². The van der Waals surface area contributed by atoms with Crippen molar-refractivity contribution in [3.8, 4) is 11.5 Å². The highest BCUT2D eigenvalue weighted by molar-refractivity contribution is 7.90. The van der Waals surface area contributed by atoms with Gasteiger partial charge < -0.3 is 9.47 Å². The van der Waals surface area contributed by atoms with E-state index in [4.69, 9.17) is 9.47 Å². The summed E-state index contributed by atoms with van der Waals surface area (Å²) in [4.78, 5) is 0.999. The Kier molecular flexibility index (Phi) is 5.29. The minimum absolute atomic E-state index is 0.310. The maximum atomic E-state index is 13.5. The average Bonchev–Trinajstić information content (AvgIpc) is 3.19. The number of hydrogen-bond acceptors (Lipinski definition) is 5. The fourth-order valence-corrected chi connectivity index (χ4v) is 6.07. The maximum Gasteiger partial charge on any atom is 0.304 e. The Balaban J connectivity index is 1.70. The second-order valence-corrected chi connectivity index (χ2v) is 9.91. The highest BCUT2D eigenvalue weighted by atomic mass is 32.2. The highest BCUT2D eigenvalue weighted by Gasteiger charge is 2.33. The summed E-state index contributed by atoms with van der Waals surface area (Å²) >= 11 is 1.56. The summed E-state index contributed by atoms with van der Waals surface area (Å²) in [6.07, 6.45) is 1.97. The Morgan fingerprint density at radius 3 is 2.78 bits per heavy atom. The van der Waals surface area contributed by atoms with E-state index in [-0.39, 0.29) is 0 Å². The van der Waals surface area contributed by atoms with Crippen molar-refractivity contribution in [1.29, 1.82) is 0 Å². The van der Waals surface area contributed by atoms with Crippen LogP contribution in [0.2, 0.25) is 0 Å². The molecule has 0 aliphatic carbocycles. The van der Waals surface area contributed by atoms with Crippen LogP contribution in [0.15, 0.2) is 35.7 Å². The number of thiophene rings is 1. The lowest BCUT2D eigenvalue weighted by Crippen LogP contribution is -2.47. The molecule has 6 nitrogen and oxygen atoms in total. The lowest BCUT2D eigenvalue weighted by atomic mass is 10.0. The molecule has 1 aromatic carbocycles. The topological polar surface area (TPSA) is 59.1 Å². The number of hydrogen-bond donors (Lipinski definition) is 0. The zero-order valence-electron chi connectivity index (χ0n) is 15.3. The zero-order chi connectivity index (χ0) is 18.9. The molecule has 0 radical (unpaired) electrons. The van der Waals surface area contributed by atoms with E-state index in [0.29, 0.717) is 56.0 Å². The molecule has 1 unspecified atom stereocenters. The number of nitrogens with zero attached hydrogens (tertiary/aromatic N) is 2. The molecule has 146 valence electrons. The largest absolute Gasteiger partial charge is 0.486 e. The van der Waals surface area contributed by atoms with Crippen molar-refractivity contribution in [3.63, 3.8) is 0 Å². The summed E-state index contributed by atoms with van der Waals surface area (Å²) in [6, 6.07) is 9.26. The highest BCUT2D eigenvalue weighted by Crippen LogP contribution is 2.36. The Morgan fingerprint density at radius 2 is 2.04 bits per heavy atom. The lowest BCUT2D eigenvalue weighted by molar-refractivity contribution is 0.171. The molecule has 2 aliphatic rings. The molecule has 1 atom stereocenters. The molecule has 0 amide bonds. The average molecular weight is 409 g/mol. The van der Waals surface area contributed by atoms with Crippen LogP contribution >= 0.6 is 11.3 Å². The van der Waals surface area contributed by atoms with Crippen LogP contribution in [0.4, 0.5) is 5.69 Å². The Labute approximate surface area is 164 Å². The van der Waals surface area contributed by atoms with Gasteiger partial charge >= 0.3 is 10.2 Å². The first kappa shape index (κ1) is 18.6. The first-order valence-corrected chi connectivity index (χ1v) is 11.5. The van der Waals surface area contributed by atoms with Gasteiger partial charge in [0.1, 0.15) is 13.2 Å². The van der Waals surface area contributed by atoms with E-state index < -0.39 is 10.2 Å². The molecule has 0 N–H and O–H groups in total. The fourth-order valence-electron chi connectivity index (χ4n) is 3.53. The molecule has 1 saturated heterocycles. The molecule has 27 heavy (non-hydrogen) atoms. The van der Waals surface area contributed by atoms with Crippen molar-refractivity contribution < 1.29 is 17.9 Å². The molecule has 1 aromatic heterocycles. The summed E-state index contributed by atoms with van der Waals surface area (Å²) in [5.74, 6) is 1.62. The Hall–Kier alpha value is -1.77. The molecule has 0 bridgehead atoms. The summed E-state index contributed by atoms with van der Waals surface area (Å²) in [5, 5.41) is 1.97. The van der Waals surface area contributed by atoms with E-state index >= 15 is 0 Å². The van der Waals surface area contributed by atoms with E-state index in [9.17, 15) is 8.42 Å². The SMILES string of the molecule is CC1CCCN(S(=O)(=O)N(Cc2cccs2)c2ccc3c(c2)OCCO3)C1. The van der Waals surface area contributed by atoms with Gasteiger partial charge in [0.2, 0.25) is 0 Å². The van der Waals surface area contributed by atoms with Gasteiger partial charge in [-0.15, -0.1) is 11.3 Å². The van der Waals surface area contributed by atoms with Crippen molar-refractivity contribution in [3.05, 3.63) is 40.6 Å². The Morgan fingerprint density at radius 1 is 1.22 bits per heavy atom. The van der Waals surface area contributed by atoms with Gasteiger partial charge in [-0.2, -0.15) is 12.7 Å². The van der Waals surface area contributed by atoms with E-state index in [1.807, 2.05) is 17.5 Å². The fraction of sp³-hybridized carbons (Fsp3) is 0.474. The van der Waals surface area contributed by atoms with Gasteiger partial charge in [0.25, 0.3) is 0 Å². The number of anilines is 1. The molecule has 2 aliphatic heterocycles. The summed E-state index contributed by atoms with van der Waals surface area (Å²) < 4.78 is 41.4. The normalized spacial score (nSPS) is 20.4. The van der Waals surface area contributed by atoms with Crippen LogP contribution in [-0.2, 0) is 16.8 Å². The van der Waals surface area contributed by atoms with Crippen LogP contribution in [0, 0.1) is 5.92 Å². The molecule has 3 heterocycles. The first-order valence-electron chi connectivity index (χ1n) is 9.24. The third kappa shape index (κ3) is 3.93. The zero-order valence-corrected chi connectivity index (χ0v) is 17.0. The minimum atomic E-state index is -3.64. The quantitative estimate of drug-likeness (QED) is 0.760. The molecule has 4 rings (SSSR count).